The van der Waals surface area contributed by atoms with E-state index in [1.807, 2.05) is 6.07 Å². The number of halogens is 1. The fourth-order valence-electron chi connectivity index (χ4n) is 3.11. The van der Waals surface area contributed by atoms with Gasteiger partial charge in [-0.1, -0.05) is 36.2 Å². The van der Waals surface area contributed by atoms with E-state index >= 15 is 0 Å². The van der Waals surface area contributed by atoms with Crippen LogP contribution in [0.25, 0.3) is 0 Å². The maximum atomic E-state index is 12.8. The van der Waals surface area contributed by atoms with Crippen molar-refractivity contribution in [2.24, 2.45) is 4.99 Å². The second-order valence-electron chi connectivity index (χ2n) is 6.95. The van der Waals surface area contributed by atoms with Gasteiger partial charge in [0.2, 0.25) is 0 Å². The van der Waals surface area contributed by atoms with E-state index in [-0.39, 0.29) is 24.0 Å². The fraction of sp³-hybridized carbons (Fsp3) is 0.450. The summed E-state index contributed by atoms with van der Waals surface area (Å²) >= 11 is 1.33. The van der Waals surface area contributed by atoms with Gasteiger partial charge in [-0.25, -0.2) is 8.42 Å². The standard InChI is InChI=1S/C20H28N4O2S2.HI/c1-16-6-8-17(9-7-16)14-22-20(21-2)23-15-18-10-11-19(27-18)28(25,26)24-12-4-3-5-13-24;/h6-11H,3-5,12-15H2,1-2H3,(H2,21,22,23);1H. The molecule has 1 fully saturated rings. The van der Waals surface area contributed by atoms with Crippen LogP contribution in [0.2, 0.25) is 0 Å². The Bertz CT molecular complexity index is 905. The molecule has 0 atom stereocenters. The zero-order chi connectivity index (χ0) is 20.0. The van der Waals surface area contributed by atoms with E-state index in [9.17, 15) is 8.42 Å². The molecule has 9 heteroatoms. The van der Waals surface area contributed by atoms with Crippen molar-refractivity contribution in [1.29, 1.82) is 0 Å². The van der Waals surface area contributed by atoms with Crippen molar-refractivity contribution in [1.82, 2.24) is 14.9 Å². The molecule has 2 N–H and O–H groups in total. The molecule has 0 radical (unpaired) electrons. The summed E-state index contributed by atoms with van der Waals surface area (Å²) in [5.74, 6) is 0.689. The van der Waals surface area contributed by atoms with Gasteiger partial charge in [-0.05, 0) is 37.5 Å². The molecule has 1 aromatic carbocycles. The highest BCUT2D eigenvalue weighted by molar-refractivity contribution is 14.0. The number of hydrogen-bond donors (Lipinski definition) is 2. The van der Waals surface area contributed by atoms with Crippen LogP contribution in [-0.2, 0) is 23.1 Å². The molecule has 0 saturated carbocycles. The molecule has 1 aliphatic heterocycles. The van der Waals surface area contributed by atoms with Crippen LogP contribution in [-0.4, -0.2) is 38.8 Å². The topological polar surface area (TPSA) is 73.8 Å². The third-order valence-corrected chi connectivity index (χ3v) is 8.23. The van der Waals surface area contributed by atoms with Crippen molar-refractivity contribution in [3.05, 3.63) is 52.4 Å². The van der Waals surface area contributed by atoms with E-state index in [1.165, 1.54) is 22.5 Å². The lowest BCUT2D eigenvalue weighted by atomic mass is 10.1. The molecular formula is C20H29IN4O2S2. The first-order valence-electron chi connectivity index (χ1n) is 9.58. The molecule has 0 bridgehead atoms. The molecule has 160 valence electrons. The van der Waals surface area contributed by atoms with Gasteiger partial charge >= 0.3 is 0 Å². The summed E-state index contributed by atoms with van der Waals surface area (Å²) in [6.07, 6.45) is 3.00. The summed E-state index contributed by atoms with van der Waals surface area (Å²) < 4.78 is 27.6. The van der Waals surface area contributed by atoms with Gasteiger partial charge in [0.05, 0.1) is 6.54 Å². The van der Waals surface area contributed by atoms with Gasteiger partial charge in [-0.3, -0.25) is 4.99 Å². The number of benzene rings is 1. The summed E-state index contributed by atoms with van der Waals surface area (Å²) in [6.45, 7) is 4.54. The van der Waals surface area contributed by atoms with Crippen LogP contribution < -0.4 is 10.6 Å². The van der Waals surface area contributed by atoms with Crippen molar-refractivity contribution in [2.75, 3.05) is 20.1 Å². The Labute approximate surface area is 194 Å². The van der Waals surface area contributed by atoms with Crippen molar-refractivity contribution in [3.63, 3.8) is 0 Å². The lowest BCUT2D eigenvalue weighted by molar-refractivity contribution is 0.347. The lowest BCUT2D eigenvalue weighted by Gasteiger charge is -2.25. The molecule has 2 heterocycles. The molecule has 29 heavy (non-hydrogen) atoms. The average molecular weight is 549 g/mol. The predicted octanol–water partition coefficient (Wildman–Crippen LogP) is 3.71. The van der Waals surface area contributed by atoms with E-state index in [0.717, 1.165) is 24.1 Å². The lowest BCUT2D eigenvalue weighted by Crippen LogP contribution is -2.36. The predicted molar refractivity (Wildman–Crippen MR) is 131 cm³/mol. The van der Waals surface area contributed by atoms with Gasteiger partial charge in [0.25, 0.3) is 10.0 Å². The number of sulfonamides is 1. The number of nitrogens with zero attached hydrogens (tertiary/aromatic N) is 2. The molecule has 0 spiro atoms. The largest absolute Gasteiger partial charge is 0.352 e. The average Bonchev–Trinajstić information content (AvgIpc) is 3.20. The minimum atomic E-state index is -3.36. The molecule has 0 amide bonds. The van der Waals surface area contributed by atoms with Gasteiger partial charge in [0, 0.05) is 31.6 Å². The quantitative estimate of drug-likeness (QED) is 0.328. The Morgan fingerprint density at radius 3 is 2.34 bits per heavy atom. The fourth-order valence-corrected chi connectivity index (χ4v) is 6.07. The Morgan fingerprint density at radius 2 is 1.69 bits per heavy atom. The van der Waals surface area contributed by atoms with Gasteiger partial charge in [-0.2, -0.15) is 4.31 Å². The van der Waals surface area contributed by atoms with E-state index in [4.69, 9.17) is 0 Å². The number of piperidine rings is 1. The smallest absolute Gasteiger partial charge is 0.252 e. The SMILES string of the molecule is CN=C(NCc1ccc(C)cc1)NCc1ccc(S(=O)(=O)N2CCCCC2)s1.I. The van der Waals surface area contributed by atoms with Crippen molar-refractivity contribution in [2.45, 2.75) is 43.5 Å². The first-order valence-corrected chi connectivity index (χ1v) is 11.8. The molecule has 0 unspecified atom stereocenters. The number of guanidine groups is 1. The first-order chi connectivity index (χ1) is 13.5. The highest BCUT2D eigenvalue weighted by Gasteiger charge is 2.27. The number of hydrogen-bond acceptors (Lipinski definition) is 4. The minimum Gasteiger partial charge on any atom is -0.352 e. The minimum absolute atomic E-state index is 0. The molecule has 6 nitrogen and oxygen atoms in total. The van der Waals surface area contributed by atoms with E-state index in [1.54, 1.807) is 17.4 Å². The highest BCUT2D eigenvalue weighted by atomic mass is 127. The van der Waals surface area contributed by atoms with Crippen LogP contribution in [0.3, 0.4) is 0 Å². The van der Waals surface area contributed by atoms with Gasteiger partial charge in [0.1, 0.15) is 4.21 Å². The highest BCUT2D eigenvalue weighted by Crippen LogP contribution is 2.27. The Balaban J connectivity index is 0.00000300. The number of thiophene rings is 1. The van der Waals surface area contributed by atoms with Crippen LogP contribution in [0.15, 0.2) is 45.6 Å². The third kappa shape index (κ3) is 6.66. The first kappa shape index (κ1) is 24.1. The van der Waals surface area contributed by atoms with Crippen LogP contribution in [0.4, 0.5) is 0 Å². The van der Waals surface area contributed by atoms with Gasteiger partial charge in [-0.15, -0.1) is 35.3 Å². The summed E-state index contributed by atoms with van der Waals surface area (Å²) in [7, 11) is -1.63. The van der Waals surface area contributed by atoms with Crippen LogP contribution in [0.5, 0.6) is 0 Å². The number of rotatable bonds is 6. The molecule has 1 aromatic heterocycles. The molecular weight excluding hydrogens is 519 g/mol. The summed E-state index contributed by atoms with van der Waals surface area (Å²) in [5.41, 5.74) is 2.42. The number of aryl methyl sites for hydroxylation is 1. The summed E-state index contributed by atoms with van der Waals surface area (Å²) in [4.78, 5) is 5.20. The number of aliphatic imine (C=N–C) groups is 1. The summed E-state index contributed by atoms with van der Waals surface area (Å²) in [6, 6.07) is 11.9. The van der Waals surface area contributed by atoms with Crippen molar-refractivity contribution >= 4 is 51.3 Å². The Morgan fingerprint density at radius 1 is 1.03 bits per heavy atom. The van der Waals surface area contributed by atoms with E-state index < -0.39 is 10.0 Å². The summed E-state index contributed by atoms with van der Waals surface area (Å²) in [5, 5.41) is 6.53. The third-order valence-electron chi connectivity index (χ3n) is 4.78. The Hall–Kier alpha value is -1.17. The zero-order valence-corrected chi connectivity index (χ0v) is 20.8. The Kier molecular flexibility index (Phi) is 9.38. The van der Waals surface area contributed by atoms with E-state index in [0.29, 0.717) is 36.3 Å². The molecule has 2 aromatic rings. The molecule has 1 aliphatic rings. The normalized spacial score (nSPS) is 15.6. The molecule has 1 saturated heterocycles. The van der Waals surface area contributed by atoms with Crippen LogP contribution >= 0.6 is 35.3 Å². The second kappa shape index (κ2) is 11.3. The molecule has 3 rings (SSSR count). The maximum absolute atomic E-state index is 12.8. The molecule has 0 aliphatic carbocycles. The van der Waals surface area contributed by atoms with Gasteiger partial charge < -0.3 is 10.6 Å². The van der Waals surface area contributed by atoms with Crippen molar-refractivity contribution in [3.8, 4) is 0 Å². The van der Waals surface area contributed by atoms with Crippen LogP contribution in [0, 0.1) is 6.92 Å². The van der Waals surface area contributed by atoms with Crippen molar-refractivity contribution < 1.29 is 8.42 Å². The van der Waals surface area contributed by atoms with Gasteiger partial charge in [0.15, 0.2) is 5.96 Å². The number of nitrogens with one attached hydrogen (secondary N) is 2. The maximum Gasteiger partial charge on any atom is 0.252 e. The monoisotopic (exact) mass is 548 g/mol. The van der Waals surface area contributed by atoms with Crippen LogP contribution in [0.1, 0.15) is 35.3 Å². The van der Waals surface area contributed by atoms with E-state index in [2.05, 4.69) is 46.8 Å². The second-order valence-corrected chi connectivity index (χ2v) is 10.3. The zero-order valence-electron chi connectivity index (χ0n) is 16.8.